The van der Waals surface area contributed by atoms with Gasteiger partial charge in [0.15, 0.2) is 11.5 Å². The summed E-state index contributed by atoms with van der Waals surface area (Å²) in [6.45, 7) is 6.41. The lowest BCUT2D eigenvalue weighted by Crippen LogP contribution is -2.26. The van der Waals surface area contributed by atoms with E-state index >= 15 is 0 Å². The van der Waals surface area contributed by atoms with Crippen molar-refractivity contribution in [3.8, 4) is 16.9 Å². The first-order chi connectivity index (χ1) is 15.7. The number of phenolic OH excluding ortho intramolecular Hbond substituents is 1. The Bertz CT molecular complexity index is 1160. The van der Waals surface area contributed by atoms with Gasteiger partial charge in [-0.15, -0.1) is 0 Å². The minimum absolute atomic E-state index is 0.104. The average Bonchev–Trinajstić information content (AvgIpc) is 2.78. The van der Waals surface area contributed by atoms with Crippen LogP contribution in [0.3, 0.4) is 0 Å². The van der Waals surface area contributed by atoms with Crippen LogP contribution in [-0.4, -0.2) is 21.9 Å². The predicted molar refractivity (Wildman–Crippen MR) is 138 cm³/mol. The van der Waals surface area contributed by atoms with Crippen LogP contribution in [0.2, 0.25) is 10.0 Å². The summed E-state index contributed by atoms with van der Waals surface area (Å²) in [5.41, 5.74) is 4.02. The van der Waals surface area contributed by atoms with Crippen LogP contribution in [0, 0.1) is 11.8 Å². The van der Waals surface area contributed by atoms with Crippen molar-refractivity contribution in [3.05, 3.63) is 52.1 Å². The number of fused-ring (bicyclic) bond motifs is 1. The van der Waals surface area contributed by atoms with E-state index in [1.165, 1.54) is 12.8 Å². The van der Waals surface area contributed by atoms with Crippen molar-refractivity contribution in [2.45, 2.75) is 58.9 Å². The second-order valence-corrected chi connectivity index (χ2v) is 10.5. The Morgan fingerprint density at radius 3 is 2.39 bits per heavy atom. The number of phenols is 1. The van der Waals surface area contributed by atoms with Crippen LogP contribution in [-0.2, 0) is 0 Å². The van der Waals surface area contributed by atoms with Gasteiger partial charge in [0.05, 0.1) is 26.8 Å². The molecule has 0 unspecified atom stereocenters. The molecule has 1 heterocycles. The molecule has 0 spiro atoms. The van der Waals surface area contributed by atoms with E-state index in [9.17, 15) is 9.90 Å². The third-order valence-electron chi connectivity index (χ3n) is 6.48. The number of aromatic nitrogens is 1. The number of carbonyl (C=O) groups is 1. The third kappa shape index (κ3) is 5.28. The largest absolute Gasteiger partial charge is 0.505 e. The monoisotopic (exact) mass is 484 g/mol. The lowest BCUT2D eigenvalue weighted by molar-refractivity contribution is 0.0968. The summed E-state index contributed by atoms with van der Waals surface area (Å²) >= 11 is 12.3. The summed E-state index contributed by atoms with van der Waals surface area (Å²) in [7, 11) is 0. The molecule has 1 aliphatic carbocycles. The van der Waals surface area contributed by atoms with Gasteiger partial charge in [-0.25, -0.2) is 0 Å². The molecule has 6 heteroatoms. The quantitative estimate of drug-likeness (QED) is 0.346. The van der Waals surface area contributed by atoms with Crippen LogP contribution in [0.25, 0.3) is 22.0 Å². The first-order valence-electron chi connectivity index (χ1n) is 11.6. The smallest absolute Gasteiger partial charge is 0.166 e. The molecule has 4 nitrogen and oxygen atoms in total. The molecule has 3 aromatic rings. The first kappa shape index (κ1) is 23.8. The summed E-state index contributed by atoms with van der Waals surface area (Å²) in [6.07, 6.45) is 6.75. The van der Waals surface area contributed by atoms with Crippen molar-refractivity contribution in [2.75, 3.05) is 5.32 Å². The number of aromatic hydroxyl groups is 1. The molecule has 1 fully saturated rings. The van der Waals surface area contributed by atoms with Crippen molar-refractivity contribution in [1.29, 1.82) is 0 Å². The van der Waals surface area contributed by atoms with E-state index in [1.807, 2.05) is 18.2 Å². The van der Waals surface area contributed by atoms with E-state index in [-0.39, 0.29) is 27.5 Å². The van der Waals surface area contributed by atoms with Gasteiger partial charge < -0.3 is 10.4 Å². The second kappa shape index (κ2) is 9.90. The standard InChI is InChI=1S/C27H30Cl2N2O2/c1-15(2)10-25(32)21-14-30-24-9-6-17(18-12-22(28)27(33)23(29)13-18)11-20(24)26(21)31-19-7-4-16(3)5-8-19/h6,9,11-16,19,33H,4-5,7-8,10H2,1-3H3,(H,30,31). The van der Waals surface area contributed by atoms with Crippen LogP contribution in [0.5, 0.6) is 5.75 Å². The number of hydrogen-bond acceptors (Lipinski definition) is 4. The Kier molecular flexibility index (Phi) is 7.16. The summed E-state index contributed by atoms with van der Waals surface area (Å²) in [5.74, 6) is 0.992. The van der Waals surface area contributed by atoms with Gasteiger partial charge in [-0.1, -0.05) is 50.0 Å². The molecule has 33 heavy (non-hydrogen) atoms. The lowest BCUT2D eigenvalue weighted by atomic mass is 9.87. The van der Waals surface area contributed by atoms with Gasteiger partial charge in [0.1, 0.15) is 0 Å². The van der Waals surface area contributed by atoms with E-state index in [4.69, 9.17) is 23.2 Å². The van der Waals surface area contributed by atoms with Crippen molar-refractivity contribution in [1.82, 2.24) is 4.98 Å². The summed E-state index contributed by atoms with van der Waals surface area (Å²) in [4.78, 5) is 17.8. The fourth-order valence-electron chi connectivity index (χ4n) is 4.56. The van der Waals surface area contributed by atoms with Crippen molar-refractivity contribution < 1.29 is 9.90 Å². The van der Waals surface area contributed by atoms with Gasteiger partial charge >= 0.3 is 0 Å². The maximum absolute atomic E-state index is 13.2. The van der Waals surface area contributed by atoms with E-state index in [1.54, 1.807) is 18.3 Å². The third-order valence-corrected chi connectivity index (χ3v) is 7.05. The van der Waals surface area contributed by atoms with Crippen molar-refractivity contribution in [3.63, 3.8) is 0 Å². The number of carbonyl (C=O) groups excluding carboxylic acids is 1. The van der Waals surface area contributed by atoms with Gasteiger partial charge in [-0.2, -0.15) is 0 Å². The molecule has 2 aromatic carbocycles. The Morgan fingerprint density at radius 1 is 1.09 bits per heavy atom. The lowest BCUT2D eigenvalue weighted by Gasteiger charge is -2.29. The molecule has 2 N–H and O–H groups in total. The molecule has 1 aromatic heterocycles. The molecule has 0 radical (unpaired) electrons. The highest BCUT2D eigenvalue weighted by molar-refractivity contribution is 6.37. The molecule has 174 valence electrons. The normalized spacial score (nSPS) is 18.6. The molecule has 0 bridgehead atoms. The van der Waals surface area contributed by atoms with E-state index in [2.05, 4.69) is 31.1 Å². The summed E-state index contributed by atoms with van der Waals surface area (Å²) in [5, 5.41) is 15.0. The zero-order valence-electron chi connectivity index (χ0n) is 19.3. The number of hydrogen-bond donors (Lipinski definition) is 2. The number of ketones is 1. The van der Waals surface area contributed by atoms with Crippen LogP contribution < -0.4 is 5.32 Å². The SMILES string of the molecule is CC(C)CC(=O)c1cnc2ccc(-c3cc(Cl)c(O)c(Cl)c3)cc2c1NC1CCC(C)CC1. The number of benzene rings is 2. The Morgan fingerprint density at radius 2 is 1.76 bits per heavy atom. The molecule has 4 rings (SSSR count). The van der Waals surface area contributed by atoms with E-state index < -0.39 is 0 Å². The van der Waals surface area contributed by atoms with Gasteiger partial charge in [0, 0.05) is 24.0 Å². The number of rotatable bonds is 6. The number of halogens is 2. The molecule has 0 atom stereocenters. The molecule has 0 saturated heterocycles. The van der Waals surface area contributed by atoms with E-state index in [0.717, 1.165) is 46.5 Å². The topological polar surface area (TPSA) is 62.2 Å². The summed E-state index contributed by atoms with van der Waals surface area (Å²) in [6, 6.07) is 9.65. The highest BCUT2D eigenvalue weighted by Crippen LogP contribution is 2.39. The average molecular weight is 485 g/mol. The fraction of sp³-hybridized carbons (Fsp3) is 0.407. The fourth-order valence-corrected chi connectivity index (χ4v) is 5.05. The van der Waals surface area contributed by atoms with E-state index in [0.29, 0.717) is 18.0 Å². The molecular formula is C27H30Cl2N2O2. The van der Waals surface area contributed by atoms with Crippen LogP contribution in [0.4, 0.5) is 5.69 Å². The Labute approximate surface area is 205 Å². The highest BCUT2D eigenvalue weighted by atomic mass is 35.5. The number of anilines is 1. The molecule has 1 saturated carbocycles. The van der Waals surface area contributed by atoms with Gasteiger partial charge in [0.2, 0.25) is 0 Å². The van der Waals surface area contributed by atoms with Crippen LogP contribution in [0.15, 0.2) is 36.5 Å². The number of Topliss-reactive ketones (excluding diaryl/α,β-unsaturated/α-hetero) is 1. The van der Waals surface area contributed by atoms with Gasteiger partial charge in [-0.3, -0.25) is 9.78 Å². The first-order valence-corrected chi connectivity index (χ1v) is 12.4. The zero-order valence-corrected chi connectivity index (χ0v) is 20.8. The zero-order chi connectivity index (χ0) is 23.7. The van der Waals surface area contributed by atoms with Gasteiger partial charge in [-0.05, 0) is 72.9 Å². The Hall–Kier alpha value is -2.30. The predicted octanol–water partition coefficient (Wildman–Crippen LogP) is 8.13. The van der Waals surface area contributed by atoms with Crippen LogP contribution in [0.1, 0.15) is 63.2 Å². The van der Waals surface area contributed by atoms with Crippen molar-refractivity contribution >= 4 is 45.6 Å². The van der Waals surface area contributed by atoms with Gasteiger partial charge in [0.25, 0.3) is 0 Å². The minimum Gasteiger partial charge on any atom is -0.505 e. The Balaban J connectivity index is 1.83. The number of pyridine rings is 1. The number of nitrogens with zero attached hydrogens (tertiary/aromatic N) is 1. The maximum atomic E-state index is 13.2. The highest BCUT2D eigenvalue weighted by Gasteiger charge is 2.23. The second-order valence-electron chi connectivity index (χ2n) is 9.69. The molecular weight excluding hydrogens is 455 g/mol. The molecule has 0 amide bonds. The summed E-state index contributed by atoms with van der Waals surface area (Å²) < 4.78 is 0. The van der Waals surface area contributed by atoms with Crippen LogP contribution >= 0.6 is 23.2 Å². The molecule has 0 aliphatic heterocycles. The van der Waals surface area contributed by atoms with Crippen molar-refractivity contribution in [2.24, 2.45) is 11.8 Å². The number of nitrogens with one attached hydrogen (secondary N) is 1. The molecule has 1 aliphatic rings. The maximum Gasteiger partial charge on any atom is 0.166 e. The minimum atomic E-state index is -0.125.